The summed E-state index contributed by atoms with van der Waals surface area (Å²) in [5.74, 6) is 0.627. The van der Waals surface area contributed by atoms with Gasteiger partial charge in [0.2, 0.25) is 6.39 Å². The summed E-state index contributed by atoms with van der Waals surface area (Å²) in [5.41, 5.74) is 7.27. The number of rotatable bonds is 3. The van der Waals surface area contributed by atoms with Gasteiger partial charge in [-0.1, -0.05) is 5.16 Å². The molecule has 14 heavy (non-hydrogen) atoms. The highest BCUT2D eigenvalue weighted by molar-refractivity contribution is 5.51. The molecule has 0 saturated heterocycles. The van der Waals surface area contributed by atoms with E-state index in [0.717, 1.165) is 11.4 Å². The van der Waals surface area contributed by atoms with Crippen molar-refractivity contribution in [3.63, 3.8) is 0 Å². The van der Waals surface area contributed by atoms with Gasteiger partial charge in [0.05, 0.1) is 6.54 Å². The maximum atomic E-state index is 5.55. The lowest BCUT2D eigenvalue weighted by Gasteiger charge is -2.02. The lowest BCUT2D eigenvalue weighted by molar-refractivity contribution is 0.411. The Bertz CT molecular complexity index is 382. The predicted molar refractivity (Wildman–Crippen MR) is 52.5 cm³/mol. The number of nitrogens with zero attached hydrogens (tertiary/aromatic N) is 2. The highest BCUT2D eigenvalue weighted by Gasteiger charge is 1.97. The summed E-state index contributed by atoms with van der Waals surface area (Å²) in [6.07, 6.45) is 1.31. The summed E-state index contributed by atoms with van der Waals surface area (Å²) in [5, 5.41) is 6.81. The predicted octanol–water partition coefficient (Wildman–Crippen LogP) is 1.26. The summed E-state index contributed by atoms with van der Waals surface area (Å²) in [4.78, 5) is 3.88. The average Bonchev–Trinajstić information content (AvgIpc) is 2.70. The van der Waals surface area contributed by atoms with Gasteiger partial charge in [-0.3, -0.25) is 0 Å². The molecule has 0 saturated carbocycles. The third-order valence-electron chi connectivity index (χ3n) is 1.77. The van der Waals surface area contributed by atoms with Crippen molar-refractivity contribution in [2.45, 2.75) is 6.54 Å². The molecule has 0 unspecified atom stereocenters. The van der Waals surface area contributed by atoms with E-state index in [9.17, 15) is 0 Å². The second-order valence-corrected chi connectivity index (χ2v) is 2.82. The molecule has 3 N–H and O–H groups in total. The molecule has 5 nitrogen and oxygen atoms in total. The average molecular weight is 190 g/mol. The molecular formula is C9H10N4O. The van der Waals surface area contributed by atoms with Crippen molar-refractivity contribution in [1.82, 2.24) is 10.1 Å². The standard InChI is InChI=1S/C9H10N4O/c10-7-1-3-8(4-2-7)11-5-9-12-6-14-13-9/h1-4,6,11H,5,10H2. The van der Waals surface area contributed by atoms with Gasteiger partial charge in [-0.2, -0.15) is 4.98 Å². The molecule has 0 aliphatic heterocycles. The molecule has 1 heterocycles. The van der Waals surface area contributed by atoms with Crippen molar-refractivity contribution in [2.24, 2.45) is 0 Å². The summed E-state index contributed by atoms with van der Waals surface area (Å²) >= 11 is 0. The summed E-state index contributed by atoms with van der Waals surface area (Å²) in [6, 6.07) is 7.46. The van der Waals surface area contributed by atoms with Crippen LogP contribution in [-0.2, 0) is 6.54 Å². The molecule has 0 aliphatic rings. The van der Waals surface area contributed by atoms with E-state index in [4.69, 9.17) is 5.73 Å². The number of aromatic nitrogens is 2. The Kier molecular flexibility index (Phi) is 2.31. The Morgan fingerprint density at radius 3 is 2.71 bits per heavy atom. The Hall–Kier alpha value is -2.04. The Morgan fingerprint density at radius 1 is 1.29 bits per heavy atom. The van der Waals surface area contributed by atoms with Crippen molar-refractivity contribution >= 4 is 11.4 Å². The van der Waals surface area contributed by atoms with E-state index in [1.54, 1.807) is 0 Å². The molecule has 1 aromatic heterocycles. The van der Waals surface area contributed by atoms with Crippen LogP contribution in [0.1, 0.15) is 5.82 Å². The zero-order valence-electron chi connectivity index (χ0n) is 7.47. The topological polar surface area (TPSA) is 77.0 Å². The van der Waals surface area contributed by atoms with Gasteiger partial charge in [-0.05, 0) is 24.3 Å². The van der Waals surface area contributed by atoms with Gasteiger partial charge < -0.3 is 15.6 Å². The number of anilines is 2. The van der Waals surface area contributed by atoms with Crippen molar-refractivity contribution < 1.29 is 4.52 Å². The van der Waals surface area contributed by atoms with Crippen molar-refractivity contribution in [1.29, 1.82) is 0 Å². The first-order valence-electron chi connectivity index (χ1n) is 4.19. The number of hydrogen-bond acceptors (Lipinski definition) is 5. The van der Waals surface area contributed by atoms with E-state index < -0.39 is 0 Å². The van der Waals surface area contributed by atoms with Crippen LogP contribution in [0.5, 0.6) is 0 Å². The highest BCUT2D eigenvalue weighted by Crippen LogP contribution is 2.10. The van der Waals surface area contributed by atoms with Gasteiger partial charge >= 0.3 is 0 Å². The SMILES string of the molecule is Nc1ccc(NCc2ncon2)cc1. The quantitative estimate of drug-likeness (QED) is 0.712. The van der Waals surface area contributed by atoms with Crippen LogP contribution in [0, 0.1) is 0 Å². The Balaban J connectivity index is 1.95. The third kappa shape index (κ3) is 2.01. The van der Waals surface area contributed by atoms with Crippen molar-refractivity contribution in [2.75, 3.05) is 11.1 Å². The van der Waals surface area contributed by atoms with Gasteiger partial charge in [0, 0.05) is 11.4 Å². The molecule has 2 rings (SSSR count). The van der Waals surface area contributed by atoms with Gasteiger partial charge in [0.15, 0.2) is 5.82 Å². The summed E-state index contributed by atoms with van der Waals surface area (Å²) in [7, 11) is 0. The van der Waals surface area contributed by atoms with Crippen LogP contribution in [0.2, 0.25) is 0 Å². The maximum Gasteiger partial charge on any atom is 0.213 e. The van der Waals surface area contributed by atoms with Crippen LogP contribution in [0.15, 0.2) is 35.2 Å². The zero-order valence-corrected chi connectivity index (χ0v) is 7.47. The molecule has 0 amide bonds. The minimum atomic E-state index is 0.542. The molecule has 2 aromatic rings. The number of nitrogens with two attached hydrogens (primary N) is 1. The lowest BCUT2D eigenvalue weighted by atomic mass is 10.3. The van der Waals surface area contributed by atoms with Gasteiger partial charge in [-0.25, -0.2) is 0 Å². The molecule has 72 valence electrons. The lowest BCUT2D eigenvalue weighted by Crippen LogP contribution is -2.00. The summed E-state index contributed by atoms with van der Waals surface area (Å²) < 4.78 is 4.60. The molecule has 0 spiro atoms. The zero-order chi connectivity index (χ0) is 9.80. The van der Waals surface area contributed by atoms with Crippen molar-refractivity contribution in [3.8, 4) is 0 Å². The van der Waals surface area contributed by atoms with Crippen LogP contribution in [0.3, 0.4) is 0 Å². The number of nitrogens with one attached hydrogen (secondary N) is 1. The van der Waals surface area contributed by atoms with Crippen LogP contribution >= 0.6 is 0 Å². The Morgan fingerprint density at radius 2 is 2.07 bits per heavy atom. The summed E-state index contributed by atoms with van der Waals surface area (Å²) in [6.45, 7) is 0.542. The van der Waals surface area contributed by atoms with E-state index in [2.05, 4.69) is 20.0 Å². The van der Waals surface area contributed by atoms with Gasteiger partial charge in [0.25, 0.3) is 0 Å². The monoisotopic (exact) mass is 190 g/mol. The minimum absolute atomic E-state index is 0.542. The van der Waals surface area contributed by atoms with Gasteiger partial charge in [-0.15, -0.1) is 0 Å². The fraction of sp³-hybridized carbons (Fsp3) is 0.111. The van der Waals surface area contributed by atoms with E-state index in [-0.39, 0.29) is 0 Å². The smallest absolute Gasteiger partial charge is 0.213 e. The van der Waals surface area contributed by atoms with Crippen LogP contribution in [0.4, 0.5) is 11.4 Å². The molecule has 0 fully saturated rings. The maximum absolute atomic E-state index is 5.55. The van der Waals surface area contributed by atoms with Crippen molar-refractivity contribution in [3.05, 3.63) is 36.5 Å². The number of nitrogen functional groups attached to an aromatic ring is 1. The minimum Gasteiger partial charge on any atom is -0.399 e. The first-order valence-corrected chi connectivity index (χ1v) is 4.19. The molecule has 1 aromatic carbocycles. The highest BCUT2D eigenvalue weighted by atomic mass is 16.5. The second kappa shape index (κ2) is 3.78. The number of benzene rings is 1. The fourth-order valence-electron chi connectivity index (χ4n) is 1.05. The van der Waals surface area contributed by atoms with E-state index >= 15 is 0 Å². The second-order valence-electron chi connectivity index (χ2n) is 2.82. The largest absolute Gasteiger partial charge is 0.399 e. The number of hydrogen-bond donors (Lipinski definition) is 2. The molecule has 0 atom stereocenters. The molecular weight excluding hydrogens is 180 g/mol. The van der Waals surface area contributed by atoms with Crippen LogP contribution < -0.4 is 11.1 Å². The van der Waals surface area contributed by atoms with E-state index in [1.165, 1.54) is 6.39 Å². The van der Waals surface area contributed by atoms with E-state index in [0.29, 0.717) is 12.4 Å². The Labute approximate surface area is 80.9 Å². The van der Waals surface area contributed by atoms with Crippen LogP contribution in [0.25, 0.3) is 0 Å². The fourth-order valence-corrected chi connectivity index (χ4v) is 1.05. The normalized spacial score (nSPS) is 10.0. The third-order valence-corrected chi connectivity index (χ3v) is 1.77. The first kappa shape index (κ1) is 8.55. The molecule has 0 bridgehead atoms. The molecule has 5 heteroatoms. The van der Waals surface area contributed by atoms with Crippen LogP contribution in [-0.4, -0.2) is 10.1 Å². The molecule has 0 aliphatic carbocycles. The van der Waals surface area contributed by atoms with E-state index in [1.807, 2.05) is 24.3 Å². The first-order chi connectivity index (χ1) is 6.84. The van der Waals surface area contributed by atoms with Gasteiger partial charge in [0.1, 0.15) is 0 Å². The molecule has 0 radical (unpaired) electrons.